The molecule has 2 aromatic carbocycles. The van der Waals surface area contributed by atoms with Gasteiger partial charge >= 0.3 is 0 Å². The summed E-state index contributed by atoms with van der Waals surface area (Å²) in [5.41, 5.74) is 0. The maximum Gasteiger partial charge on any atom is 0.145 e. The van der Waals surface area contributed by atoms with E-state index >= 15 is 0 Å². The molecule has 0 unspecified atom stereocenters. The second-order valence-electron chi connectivity index (χ2n) is 4.57. The van der Waals surface area contributed by atoms with Gasteiger partial charge in [0.05, 0.1) is 6.54 Å². The first-order chi connectivity index (χ1) is 10.3. The first-order valence-electron chi connectivity index (χ1n) is 6.73. The Morgan fingerprint density at radius 3 is 2.19 bits per heavy atom. The summed E-state index contributed by atoms with van der Waals surface area (Å²) in [6, 6.07) is 14.7. The molecule has 0 radical (unpaired) electrons. The summed E-state index contributed by atoms with van der Waals surface area (Å²) < 4.78 is 11.4. The standard InChI is InChI=1S/C16H15ClN2O2/c17-12-1-3-14(4-2-12)21-15-7-5-13(6-8-15)20-11-16-18-9-10-19-16/h1-8H,9-11H2,(H,18,19). The maximum atomic E-state index is 5.84. The van der Waals surface area contributed by atoms with Crippen LogP contribution in [0.4, 0.5) is 0 Å². The number of amidine groups is 1. The van der Waals surface area contributed by atoms with Crippen molar-refractivity contribution in [2.75, 3.05) is 19.7 Å². The van der Waals surface area contributed by atoms with Crippen molar-refractivity contribution in [2.45, 2.75) is 0 Å². The summed E-state index contributed by atoms with van der Waals surface area (Å²) in [6.45, 7) is 2.19. The number of benzene rings is 2. The van der Waals surface area contributed by atoms with Crippen LogP contribution >= 0.6 is 11.6 Å². The van der Waals surface area contributed by atoms with Crippen LogP contribution in [0, 0.1) is 0 Å². The molecule has 1 heterocycles. The van der Waals surface area contributed by atoms with E-state index in [1.54, 1.807) is 12.1 Å². The Kier molecular flexibility index (Phi) is 4.26. The molecule has 0 aromatic heterocycles. The molecule has 0 saturated carbocycles. The van der Waals surface area contributed by atoms with Crippen molar-refractivity contribution >= 4 is 17.4 Å². The average molecular weight is 303 g/mol. The van der Waals surface area contributed by atoms with Crippen LogP contribution in [0.25, 0.3) is 0 Å². The van der Waals surface area contributed by atoms with Crippen LogP contribution < -0.4 is 14.8 Å². The van der Waals surface area contributed by atoms with Crippen LogP contribution in [-0.2, 0) is 0 Å². The minimum absolute atomic E-state index is 0.470. The largest absolute Gasteiger partial charge is 0.486 e. The molecule has 3 rings (SSSR count). The quantitative estimate of drug-likeness (QED) is 0.919. The molecule has 21 heavy (non-hydrogen) atoms. The van der Waals surface area contributed by atoms with Gasteiger partial charge in [-0.15, -0.1) is 0 Å². The van der Waals surface area contributed by atoms with Crippen LogP contribution in [0.15, 0.2) is 53.5 Å². The molecule has 0 fully saturated rings. The van der Waals surface area contributed by atoms with E-state index in [1.807, 2.05) is 36.4 Å². The topological polar surface area (TPSA) is 42.9 Å². The van der Waals surface area contributed by atoms with E-state index in [9.17, 15) is 0 Å². The van der Waals surface area contributed by atoms with Crippen LogP contribution in [0.3, 0.4) is 0 Å². The van der Waals surface area contributed by atoms with Gasteiger partial charge in [0.25, 0.3) is 0 Å². The summed E-state index contributed by atoms with van der Waals surface area (Å²) in [5.74, 6) is 3.19. The normalized spacial score (nSPS) is 13.5. The molecule has 1 N–H and O–H groups in total. The monoisotopic (exact) mass is 302 g/mol. The fourth-order valence-corrected chi connectivity index (χ4v) is 2.06. The van der Waals surface area contributed by atoms with Crippen molar-refractivity contribution in [1.29, 1.82) is 0 Å². The van der Waals surface area contributed by atoms with Crippen molar-refractivity contribution in [2.24, 2.45) is 4.99 Å². The number of aliphatic imine (C=N–C) groups is 1. The lowest BCUT2D eigenvalue weighted by molar-refractivity contribution is 0.372. The van der Waals surface area contributed by atoms with Crippen molar-refractivity contribution in [1.82, 2.24) is 5.32 Å². The summed E-state index contributed by atoms with van der Waals surface area (Å²) >= 11 is 5.84. The zero-order chi connectivity index (χ0) is 14.5. The lowest BCUT2D eigenvalue weighted by Gasteiger charge is -2.09. The lowest BCUT2D eigenvalue weighted by Crippen LogP contribution is -2.24. The number of nitrogens with one attached hydrogen (secondary N) is 1. The van der Waals surface area contributed by atoms with E-state index in [0.29, 0.717) is 11.6 Å². The molecule has 4 nitrogen and oxygen atoms in total. The Bertz CT molecular complexity index is 624. The zero-order valence-electron chi connectivity index (χ0n) is 11.4. The first kappa shape index (κ1) is 13.8. The van der Waals surface area contributed by atoms with Crippen LogP contribution in [0.5, 0.6) is 17.2 Å². The van der Waals surface area contributed by atoms with Crippen molar-refractivity contribution in [3.63, 3.8) is 0 Å². The van der Waals surface area contributed by atoms with Crippen molar-refractivity contribution in [3.05, 3.63) is 53.6 Å². The van der Waals surface area contributed by atoms with E-state index in [4.69, 9.17) is 21.1 Å². The Morgan fingerprint density at radius 2 is 1.57 bits per heavy atom. The lowest BCUT2D eigenvalue weighted by atomic mass is 10.3. The minimum Gasteiger partial charge on any atom is -0.486 e. The Balaban J connectivity index is 1.57. The molecule has 1 aliphatic rings. The Morgan fingerprint density at radius 1 is 0.952 bits per heavy atom. The van der Waals surface area contributed by atoms with Crippen molar-refractivity contribution in [3.8, 4) is 17.2 Å². The molecule has 0 spiro atoms. The molecule has 0 atom stereocenters. The van der Waals surface area contributed by atoms with E-state index in [-0.39, 0.29) is 0 Å². The van der Waals surface area contributed by atoms with Crippen LogP contribution in [0.2, 0.25) is 5.02 Å². The molecule has 108 valence electrons. The van der Waals surface area contributed by atoms with Gasteiger partial charge in [-0.2, -0.15) is 0 Å². The second kappa shape index (κ2) is 6.50. The van der Waals surface area contributed by atoms with E-state index in [0.717, 1.165) is 36.2 Å². The predicted molar refractivity (Wildman–Crippen MR) is 83.8 cm³/mol. The van der Waals surface area contributed by atoms with E-state index < -0.39 is 0 Å². The molecule has 0 bridgehead atoms. The number of rotatable bonds is 5. The van der Waals surface area contributed by atoms with E-state index in [2.05, 4.69) is 10.3 Å². The summed E-state index contributed by atoms with van der Waals surface area (Å²) in [4.78, 5) is 4.28. The first-order valence-corrected chi connectivity index (χ1v) is 7.11. The molecule has 0 amide bonds. The minimum atomic E-state index is 0.470. The fourth-order valence-electron chi connectivity index (χ4n) is 1.94. The molecule has 1 aliphatic heterocycles. The van der Waals surface area contributed by atoms with Crippen LogP contribution in [-0.4, -0.2) is 25.5 Å². The molecule has 5 heteroatoms. The van der Waals surface area contributed by atoms with Gasteiger partial charge in [0, 0.05) is 11.6 Å². The maximum absolute atomic E-state index is 5.84. The second-order valence-corrected chi connectivity index (χ2v) is 5.01. The third-order valence-corrected chi connectivity index (χ3v) is 3.24. The number of halogens is 1. The van der Waals surface area contributed by atoms with Gasteiger partial charge in [0.1, 0.15) is 29.7 Å². The number of ether oxygens (including phenoxy) is 2. The molecule has 0 saturated heterocycles. The third kappa shape index (κ3) is 3.89. The number of hydrogen-bond acceptors (Lipinski definition) is 4. The highest BCUT2D eigenvalue weighted by Gasteiger charge is 2.05. The number of nitrogens with zero attached hydrogens (tertiary/aromatic N) is 1. The van der Waals surface area contributed by atoms with Gasteiger partial charge in [0.15, 0.2) is 0 Å². The predicted octanol–water partition coefficient (Wildman–Crippen LogP) is 3.51. The van der Waals surface area contributed by atoms with Crippen LogP contribution in [0.1, 0.15) is 0 Å². The average Bonchev–Trinajstić information content (AvgIpc) is 3.02. The highest BCUT2D eigenvalue weighted by atomic mass is 35.5. The third-order valence-electron chi connectivity index (χ3n) is 2.99. The summed E-state index contributed by atoms with van der Waals surface area (Å²) in [5, 5.41) is 3.85. The smallest absolute Gasteiger partial charge is 0.145 e. The Hall–Kier alpha value is -2.20. The van der Waals surface area contributed by atoms with Gasteiger partial charge in [-0.05, 0) is 48.5 Å². The number of hydrogen-bond donors (Lipinski definition) is 1. The molecular formula is C16H15ClN2O2. The highest BCUT2D eigenvalue weighted by Crippen LogP contribution is 2.25. The van der Waals surface area contributed by atoms with Gasteiger partial charge < -0.3 is 14.8 Å². The fraction of sp³-hybridized carbons (Fsp3) is 0.188. The summed E-state index contributed by atoms with van der Waals surface area (Å²) in [6.07, 6.45) is 0. The molecular weight excluding hydrogens is 288 g/mol. The SMILES string of the molecule is Clc1ccc(Oc2ccc(OCC3=NCCN3)cc2)cc1. The zero-order valence-corrected chi connectivity index (χ0v) is 12.1. The van der Waals surface area contributed by atoms with Gasteiger partial charge in [-0.25, -0.2) is 0 Å². The molecule has 2 aromatic rings. The Labute approximate surface area is 128 Å². The highest BCUT2D eigenvalue weighted by molar-refractivity contribution is 6.30. The van der Waals surface area contributed by atoms with Gasteiger partial charge in [-0.3, -0.25) is 4.99 Å². The van der Waals surface area contributed by atoms with E-state index in [1.165, 1.54) is 0 Å². The summed E-state index contributed by atoms with van der Waals surface area (Å²) in [7, 11) is 0. The van der Waals surface area contributed by atoms with Gasteiger partial charge in [-0.1, -0.05) is 11.6 Å². The van der Waals surface area contributed by atoms with Gasteiger partial charge in [0.2, 0.25) is 0 Å². The van der Waals surface area contributed by atoms with Crippen molar-refractivity contribution < 1.29 is 9.47 Å². The molecule has 0 aliphatic carbocycles.